The molecule has 2 aromatic rings. The highest BCUT2D eigenvalue weighted by Crippen LogP contribution is 2.33. The molecule has 140 valence electrons. The molecule has 2 atom stereocenters. The van der Waals surface area contributed by atoms with Gasteiger partial charge < -0.3 is 15.4 Å². The second kappa shape index (κ2) is 8.30. The highest BCUT2D eigenvalue weighted by Gasteiger charge is 2.31. The second-order valence-corrected chi connectivity index (χ2v) is 8.04. The monoisotopic (exact) mass is 394 g/mol. The molecule has 0 spiro atoms. The van der Waals surface area contributed by atoms with Crippen molar-refractivity contribution < 1.29 is 9.53 Å². The van der Waals surface area contributed by atoms with Gasteiger partial charge in [-0.05, 0) is 56.2 Å². The second-order valence-electron chi connectivity index (χ2n) is 7.16. The Hall–Kier alpha value is -1.75. The van der Waals surface area contributed by atoms with Crippen molar-refractivity contribution in [2.45, 2.75) is 38.5 Å². The molecule has 0 aliphatic rings. The molecule has 0 saturated heterocycles. The number of hydrogen-bond donors (Lipinski definition) is 1. The minimum atomic E-state index is -0.597. The SMILES string of the molecule is CN(C(=O)OC(C)(C)C)[C@H](c1ccc(Cl)cc1)[C@@H](N)c1ccc(Cl)cc1. The number of halogens is 2. The third kappa shape index (κ3) is 5.37. The lowest BCUT2D eigenvalue weighted by molar-refractivity contribution is 0.0195. The van der Waals surface area contributed by atoms with E-state index in [4.69, 9.17) is 33.7 Å². The summed E-state index contributed by atoms with van der Waals surface area (Å²) in [6.07, 6.45) is -0.443. The predicted octanol–water partition coefficient (Wildman–Crippen LogP) is 5.60. The topological polar surface area (TPSA) is 55.6 Å². The van der Waals surface area contributed by atoms with Gasteiger partial charge in [-0.15, -0.1) is 0 Å². The third-order valence-electron chi connectivity index (χ3n) is 3.91. The number of carbonyl (C=O) groups is 1. The summed E-state index contributed by atoms with van der Waals surface area (Å²) < 4.78 is 5.52. The van der Waals surface area contributed by atoms with Crippen LogP contribution in [0.15, 0.2) is 48.5 Å². The number of amides is 1. The maximum absolute atomic E-state index is 12.6. The zero-order valence-electron chi connectivity index (χ0n) is 15.4. The van der Waals surface area contributed by atoms with Gasteiger partial charge in [0.05, 0.1) is 12.1 Å². The third-order valence-corrected chi connectivity index (χ3v) is 4.41. The van der Waals surface area contributed by atoms with Gasteiger partial charge >= 0.3 is 6.09 Å². The maximum Gasteiger partial charge on any atom is 0.410 e. The molecule has 0 aliphatic heterocycles. The van der Waals surface area contributed by atoms with Gasteiger partial charge in [0, 0.05) is 17.1 Å². The molecule has 0 unspecified atom stereocenters. The van der Waals surface area contributed by atoms with Gasteiger partial charge in [0.25, 0.3) is 0 Å². The highest BCUT2D eigenvalue weighted by atomic mass is 35.5. The van der Waals surface area contributed by atoms with E-state index in [1.807, 2.05) is 45.0 Å². The van der Waals surface area contributed by atoms with Crippen molar-refractivity contribution in [2.24, 2.45) is 5.73 Å². The van der Waals surface area contributed by atoms with Crippen LogP contribution in [0.1, 0.15) is 44.0 Å². The fourth-order valence-corrected chi connectivity index (χ4v) is 2.90. The molecule has 0 fully saturated rings. The van der Waals surface area contributed by atoms with E-state index in [1.54, 1.807) is 31.3 Å². The van der Waals surface area contributed by atoms with Gasteiger partial charge in [0.15, 0.2) is 0 Å². The number of nitrogens with two attached hydrogens (primary N) is 1. The normalized spacial score (nSPS) is 13.8. The fourth-order valence-electron chi connectivity index (χ4n) is 2.65. The fraction of sp³-hybridized carbons (Fsp3) is 0.350. The van der Waals surface area contributed by atoms with E-state index in [9.17, 15) is 4.79 Å². The standard InChI is InChI=1S/C20H24Cl2N2O2/c1-20(2,3)26-19(25)24(4)18(14-7-11-16(22)12-8-14)17(23)13-5-9-15(21)10-6-13/h5-12,17-18H,23H2,1-4H3/t17-,18+/m0/s1. The van der Waals surface area contributed by atoms with Crippen LogP contribution < -0.4 is 5.73 Å². The maximum atomic E-state index is 12.6. The minimum Gasteiger partial charge on any atom is -0.444 e. The summed E-state index contributed by atoms with van der Waals surface area (Å²) in [5.74, 6) is 0. The van der Waals surface area contributed by atoms with E-state index in [0.29, 0.717) is 10.0 Å². The Balaban J connectivity index is 2.39. The van der Waals surface area contributed by atoms with Gasteiger partial charge in [0.1, 0.15) is 5.60 Å². The Bertz CT molecular complexity index is 740. The van der Waals surface area contributed by atoms with Crippen LogP contribution in [0.5, 0.6) is 0 Å². The summed E-state index contributed by atoms with van der Waals surface area (Å²) in [7, 11) is 1.68. The summed E-state index contributed by atoms with van der Waals surface area (Å²) in [6.45, 7) is 5.49. The van der Waals surface area contributed by atoms with Crippen LogP contribution in [0.2, 0.25) is 10.0 Å². The Morgan fingerprint density at radius 1 is 0.962 bits per heavy atom. The van der Waals surface area contributed by atoms with Crippen molar-refractivity contribution in [1.82, 2.24) is 4.90 Å². The lowest BCUT2D eigenvalue weighted by Crippen LogP contribution is -2.40. The Kier molecular flexibility index (Phi) is 6.56. The molecule has 0 aromatic heterocycles. The molecule has 2 N–H and O–H groups in total. The lowest BCUT2D eigenvalue weighted by atomic mass is 9.93. The zero-order chi connectivity index (χ0) is 19.5. The van der Waals surface area contributed by atoms with E-state index in [-0.39, 0.29) is 0 Å². The summed E-state index contributed by atoms with van der Waals surface area (Å²) in [4.78, 5) is 14.2. The molecule has 1 amide bonds. The summed E-state index contributed by atoms with van der Waals surface area (Å²) in [5.41, 5.74) is 7.67. The molecule has 2 aromatic carbocycles. The molecule has 26 heavy (non-hydrogen) atoms. The first-order valence-electron chi connectivity index (χ1n) is 8.31. The minimum absolute atomic E-state index is 0.428. The molecule has 6 heteroatoms. The van der Waals surface area contributed by atoms with Crippen LogP contribution in [-0.4, -0.2) is 23.6 Å². The number of ether oxygens (including phenoxy) is 1. The summed E-state index contributed by atoms with van der Waals surface area (Å²) in [5, 5.41) is 1.25. The van der Waals surface area contributed by atoms with Crippen molar-refractivity contribution in [3.8, 4) is 0 Å². The summed E-state index contributed by atoms with van der Waals surface area (Å²) >= 11 is 12.0. The molecule has 0 heterocycles. The first kappa shape index (κ1) is 20.6. The average Bonchev–Trinajstić information content (AvgIpc) is 2.55. The number of benzene rings is 2. The van der Waals surface area contributed by atoms with Crippen LogP contribution in [0.3, 0.4) is 0 Å². The number of nitrogens with zero attached hydrogens (tertiary/aromatic N) is 1. The van der Waals surface area contributed by atoms with Crippen molar-refractivity contribution in [3.05, 3.63) is 69.7 Å². The summed E-state index contributed by atoms with van der Waals surface area (Å²) in [6, 6.07) is 13.7. The van der Waals surface area contributed by atoms with E-state index >= 15 is 0 Å². The largest absolute Gasteiger partial charge is 0.444 e. The Labute approximate surface area is 164 Å². The zero-order valence-corrected chi connectivity index (χ0v) is 16.9. The molecule has 0 aliphatic carbocycles. The number of hydrogen-bond acceptors (Lipinski definition) is 3. The average molecular weight is 395 g/mol. The van der Waals surface area contributed by atoms with Gasteiger partial charge in [-0.1, -0.05) is 47.5 Å². The van der Waals surface area contributed by atoms with E-state index in [2.05, 4.69) is 0 Å². The van der Waals surface area contributed by atoms with Crippen LogP contribution in [0.25, 0.3) is 0 Å². The number of rotatable bonds is 4. The molecule has 0 radical (unpaired) electrons. The van der Waals surface area contributed by atoms with E-state index < -0.39 is 23.8 Å². The predicted molar refractivity (Wildman–Crippen MR) is 107 cm³/mol. The van der Waals surface area contributed by atoms with E-state index in [0.717, 1.165) is 11.1 Å². The van der Waals surface area contributed by atoms with Crippen molar-refractivity contribution >= 4 is 29.3 Å². The van der Waals surface area contributed by atoms with Gasteiger partial charge in [-0.3, -0.25) is 0 Å². The molecular formula is C20H24Cl2N2O2. The smallest absolute Gasteiger partial charge is 0.410 e. The molecule has 2 rings (SSSR count). The quantitative estimate of drug-likeness (QED) is 0.733. The van der Waals surface area contributed by atoms with Gasteiger partial charge in [0.2, 0.25) is 0 Å². The molecule has 0 bridgehead atoms. The van der Waals surface area contributed by atoms with Crippen LogP contribution >= 0.6 is 23.2 Å². The Morgan fingerprint density at radius 2 is 1.38 bits per heavy atom. The lowest BCUT2D eigenvalue weighted by Gasteiger charge is -2.34. The first-order chi connectivity index (χ1) is 12.1. The van der Waals surface area contributed by atoms with Gasteiger partial charge in [-0.25, -0.2) is 4.79 Å². The van der Waals surface area contributed by atoms with Gasteiger partial charge in [-0.2, -0.15) is 0 Å². The van der Waals surface area contributed by atoms with E-state index in [1.165, 1.54) is 4.90 Å². The highest BCUT2D eigenvalue weighted by molar-refractivity contribution is 6.30. The van der Waals surface area contributed by atoms with Crippen molar-refractivity contribution in [1.29, 1.82) is 0 Å². The molecule has 4 nitrogen and oxygen atoms in total. The number of likely N-dealkylation sites (N-methyl/N-ethyl adjacent to an activating group) is 1. The number of carbonyl (C=O) groups excluding carboxylic acids is 1. The Morgan fingerprint density at radius 3 is 1.81 bits per heavy atom. The van der Waals surface area contributed by atoms with Crippen molar-refractivity contribution in [3.63, 3.8) is 0 Å². The first-order valence-corrected chi connectivity index (χ1v) is 9.06. The van der Waals surface area contributed by atoms with Crippen LogP contribution in [0.4, 0.5) is 4.79 Å². The molecular weight excluding hydrogens is 371 g/mol. The van der Waals surface area contributed by atoms with Crippen LogP contribution in [-0.2, 0) is 4.74 Å². The van der Waals surface area contributed by atoms with Crippen molar-refractivity contribution in [2.75, 3.05) is 7.05 Å². The molecule has 0 saturated carbocycles. The van der Waals surface area contributed by atoms with Crippen LogP contribution in [0, 0.1) is 0 Å².